The van der Waals surface area contributed by atoms with Crippen LogP contribution in [0.3, 0.4) is 0 Å². The molecule has 0 atom stereocenters. The Morgan fingerprint density at radius 2 is 2.20 bits per heavy atom. The highest BCUT2D eigenvalue weighted by molar-refractivity contribution is 5.92. The molecule has 0 fully saturated rings. The molecule has 0 aliphatic carbocycles. The fourth-order valence-corrected chi connectivity index (χ4v) is 1.90. The van der Waals surface area contributed by atoms with Gasteiger partial charge < -0.3 is 16.2 Å². The molecular formula is C13H17N5O2. The van der Waals surface area contributed by atoms with E-state index in [1.54, 1.807) is 19.2 Å². The molecule has 20 heavy (non-hydrogen) atoms. The number of hydrogen-bond donors (Lipinski definition) is 3. The molecule has 7 nitrogen and oxygen atoms in total. The number of hydrogen-bond acceptors (Lipinski definition) is 5. The number of benzene rings is 1. The summed E-state index contributed by atoms with van der Waals surface area (Å²) in [5.41, 5.74) is 8.11. The van der Waals surface area contributed by atoms with Crippen LogP contribution < -0.4 is 11.1 Å². The van der Waals surface area contributed by atoms with E-state index < -0.39 is 0 Å². The third kappa shape index (κ3) is 3.12. The molecule has 0 radical (unpaired) electrons. The molecule has 106 valence electrons. The van der Waals surface area contributed by atoms with Crippen LogP contribution in [0.5, 0.6) is 5.75 Å². The van der Waals surface area contributed by atoms with E-state index in [-0.39, 0.29) is 24.7 Å². The quantitative estimate of drug-likeness (QED) is 0.712. The largest absolute Gasteiger partial charge is 0.505 e. The molecule has 2 aromatic rings. The normalized spacial score (nSPS) is 10.6. The molecule has 1 heterocycles. The monoisotopic (exact) mass is 275 g/mol. The van der Waals surface area contributed by atoms with Crippen LogP contribution in [0, 0.1) is 13.8 Å². The number of aryl methyl sites for hydroxylation is 2. The Hall–Kier alpha value is -2.41. The van der Waals surface area contributed by atoms with Crippen LogP contribution in [0.4, 0.5) is 5.69 Å². The van der Waals surface area contributed by atoms with Crippen LogP contribution in [0.1, 0.15) is 16.8 Å². The average molecular weight is 275 g/mol. The molecule has 2 rings (SSSR count). The first kappa shape index (κ1) is 14.0. The molecule has 4 N–H and O–H groups in total. The minimum atomic E-state index is -0.293. The lowest BCUT2D eigenvalue weighted by Crippen LogP contribution is -2.19. The lowest BCUT2D eigenvalue weighted by atomic mass is 10.1. The van der Waals surface area contributed by atoms with Gasteiger partial charge in [-0.3, -0.25) is 4.79 Å². The minimum Gasteiger partial charge on any atom is -0.505 e. The molecule has 7 heteroatoms. The predicted octanol–water partition coefficient (Wildman–Crippen LogP) is 0.698. The minimum absolute atomic E-state index is 0.0133. The van der Waals surface area contributed by atoms with Gasteiger partial charge in [-0.05, 0) is 31.0 Å². The van der Waals surface area contributed by atoms with Gasteiger partial charge in [0.2, 0.25) is 5.91 Å². The number of aromatic hydroxyl groups is 1. The molecule has 0 saturated carbocycles. The van der Waals surface area contributed by atoms with Gasteiger partial charge in [0, 0.05) is 6.54 Å². The van der Waals surface area contributed by atoms with Gasteiger partial charge in [0.25, 0.3) is 0 Å². The fourth-order valence-electron chi connectivity index (χ4n) is 1.90. The zero-order valence-corrected chi connectivity index (χ0v) is 11.4. The maximum Gasteiger partial charge on any atom is 0.246 e. The van der Waals surface area contributed by atoms with Gasteiger partial charge in [-0.2, -0.15) is 0 Å². The lowest BCUT2D eigenvalue weighted by Gasteiger charge is -2.10. The van der Waals surface area contributed by atoms with Crippen molar-refractivity contribution >= 4 is 11.6 Å². The number of aromatic nitrogens is 3. The van der Waals surface area contributed by atoms with Crippen LogP contribution in [0.2, 0.25) is 0 Å². The van der Waals surface area contributed by atoms with E-state index in [1.807, 2.05) is 13.0 Å². The number of carbonyl (C=O) groups excluding carboxylic acids is 1. The van der Waals surface area contributed by atoms with Gasteiger partial charge in [0.15, 0.2) is 0 Å². The van der Waals surface area contributed by atoms with Crippen molar-refractivity contribution in [3.05, 3.63) is 35.2 Å². The SMILES string of the molecule is Cc1cc(C)c(O)c(NC(=O)Cn2cc(CN)nn2)c1. The summed E-state index contributed by atoms with van der Waals surface area (Å²) in [5, 5.41) is 20.2. The second kappa shape index (κ2) is 5.70. The summed E-state index contributed by atoms with van der Waals surface area (Å²) in [5.74, 6) is -0.219. The van der Waals surface area contributed by atoms with Crippen LogP contribution in [0.25, 0.3) is 0 Å². The molecule has 1 aromatic heterocycles. The Bertz CT molecular complexity index is 636. The van der Waals surface area contributed by atoms with Crippen LogP contribution in [-0.4, -0.2) is 26.0 Å². The van der Waals surface area contributed by atoms with Crippen LogP contribution in [-0.2, 0) is 17.9 Å². The number of nitrogens with two attached hydrogens (primary N) is 1. The summed E-state index contributed by atoms with van der Waals surface area (Å²) in [4.78, 5) is 11.9. The van der Waals surface area contributed by atoms with E-state index in [0.717, 1.165) is 5.56 Å². The van der Waals surface area contributed by atoms with E-state index >= 15 is 0 Å². The number of nitrogens with zero attached hydrogens (tertiary/aromatic N) is 3. The summed E-state index contributed by atoms with van der Waals surface area (Å²) in [6, 6.07) is 3.56. The Morgan fingerprint density at radius 1 is 1.45 bits per heavy atom. The smallest absolute Gasteiger partial charge is 0.246 e. The van der Waals surface area contributed by atoms with E-state index in [0.29, 0.717) is 16.9 Å². The number of phenols is 1. The van der Waals surface area contributed by atoms with Crippen molar-refractivity contribution in [3.8, 4) is 5.75 Å². The first-order valence-electron chi connectivity index (χ1n) is 6.18. The van der Waals surface area contributed by atoms with Crippen molar-refractivity contribution in [1.82, 2.24) is 15.0 Å². The van der Waals surface area contributed by atoms with Gasteiger partial charge in [0.05, 0.1) is 17.6 Å². The predicted molar refractivity (Wildman–Crippen MR) is 74.1 cm³/mol. The highest BCUT2D eigenvalue weighted by atomic mass is 16.3. The molecule has 0 aliphatic heterocycles. The maximum absolute atomic E-state index is 11.9. The highest BCUT2D eigenvalue weighted by Gasteiger charge is 2.10. The van der Waals surface area contributed by atoms with Gasteiger partial charge in [-0.25, -0.2) is 4.68 Å². The standard InChI is InChI=1S/C13H17N5O2/c1-8-3-9(2)13(20)11(4-8)15-12(19)7-18-6-10(5-14)16-17-18/h3-4,6,20H,5,7,14H2,1-2H3,(H,15,19). The van der Waals surface area contributed by atoms with Crippen molar-refractivity contribution in [2.24, 2.45) is 5.73 Å². The number of nitrogens with one attached hydrogen (secondary N) is 1. The third-order valence-electron chi connectivity index (χ3n) is 2.82. The highest BCUT2D eigenvalue weighted by Crippen LogP contribution is 2.28. The van der Waals surface area contributed by atoms with Crippen LogP contribution in [0.15, 0.2) is 18.3 Å². The van der Waals surface area contributed by atoms with Crippen molar-refractivity contribution < 1.29 is 9.90 Å². The number of anilines is 1. The Morgan fingerprint density at radius 3 is 2.85 bits per heavy atom. The zero-order valence-electron chi connectivity index (χ0n) is 11.4. The third-order valence-corrected chi connectivity index (χ3v) is 2.82. The van der Waals surface area contributed by atoms with Crippen molar-refractivity contribution in [3.63, 3.8) is 0 Å². The average Bonchev–Trinajstić information content (AvgIpc) is 2.82. The second-order valence-electron chi connectivity index (χ2n) is 4.64. The number of carbonyl (C=O) groups is 1. The van der Waals surface area contributed by atoms with E-state index in [2.05, 4.69) is 15.6 Å². The van der Waals surface area contributed by atoms with E-state index in [4.69, 9.17) is 5.73 Å². The lowest BCUT2D eigenvalue weighted by molar-refractivity contribution is -0.116. The van der Waals surface area contributed by atoms with Crippen molar-refractivity contribution in [1.29, 1.82) is 0 Å². The molecule has 0 unspecified atom stereocenters. The topological polar surface area (TPSA) is 106 Å². The van der Waals surface area contributed by atoms with Crippen LogP contribution >= 0.6 is 0 Å². The van der Waals surface area contributed by atoms with Gasteiger partial charge in [0.1, 0.15) is 12.3 Å². The summed E-state index contributed by atoms with van der Waals surface area (Å²) < 4.78 is 1.40. The second-order valence-corrected chi connectivity index (χ2v) is 4.64. The molecule has 0 spiro atoms. The molecule has 0 bridgehead atoms. The molecule has 1 aromatic carbocycles. The van der Waals surface area contributed by atoms with Crippen molar-refractivity contribution in [2.45, 2.75) is 26.9 Å². The van der Waals surface area contributed by atoms with Gasteiger partial charge in [-0.1, -0.05) is 11.3 Å². The summed E-state index contributed by atoms with van der Waals surface area (Å²) in [6.07, 6.45) is 1.61. The zero-order chi connectivity index (χ0) is 14.7. The Kier molecular flexibility index (Phi) is 3.99. The Balaban J connectivity index is 2.08. The number of rotatable bonds is 4. The summed E-state index contributed by atoms with van der Waals surface area (Å²) in [6.45, 7) is 3.97. The number of phenolic OH excluding ortho intramolecular Hbond substituents is 1. The summed E-state index contributed by atoms with van der Waals surface area (Å²) >= 11 is 0. The van der Waals surface area contributed by atoms with E-state index in [1.165, 1.54) is 4.68 Å². The first-order chi connectivity index (χ1) is 9.49. The van der Waals surface area contributed by atoms with Gasteiger partial charge >= 0.3 is 0 Å². The maximum atomic E-state index is 11.9. The van der Waals surface area contributed by atoms with E-state index in [9.17, 15) is 9.90 Å². The molecule has 0 aliphatic rings. The number of amides is 1. The summed E-state index contributed by atoms with van der Waals surface area (Å²) in [7, 11) is 0. The van der Waals surface area contributed by atoms with Gasteiger partial charge in [-0.15, -0.1) is 5.10 Å². The molecular weight excluding hydrogens is 258 g/mol. The fraction of sp³-hybridized carbons (Fsp3) is 0.308. The first-order valence-corrected chi connectivity index (χ1v) is 6.18. The van der Waals surface area contributed by atoms with Crippen molar-refractivity contribution in [2.75, 3.05) is 5.32 Å². The Labute approximate surface area is 116 Å². The molecule has 0 saturated heterocycles. The molecule has 1 amide bonds.